The van der Waals surface area contributed by atoms with E-state index in [0.29, 0.717) is 0 Å². The van der Waals surface area contributed by atoms with E-state index in [1.807, 2.05) is 57.5 Å². The number of nitrogens with zero attached hydrogens (tertiary/aromatic N) is 2. The zero-order valence-electron chi connectivity index (χ0n) is 24.9. The lowest BCUT2D eigenvalue weighted by Gasteiger charge is -2.35. The molecule has 10 nitrogen and oxygen atoms in total. The first-order valence-corrected chi connectivity index (χ1v) is 14.7. The van der Waals surface area contributed by atoms with E-state index < -0.39 is 47.0 Å². The van der Waals surface area contributed by atoms with Gasteiger partial charge in [-0.1, -0.05) is 45.0 Å². The normalized spacial score (nSPS) is 18.1. The molecule has 2 aromatic rings. The number of amides is 3. The number of carbonyl (C=O) groups excluding carboxylic acids is 4. The highest BCUT2D eigenvalue weighted by molar-refractivity contribution is 7.13. The van der Waals surface area contributed by atoms with Crippen molar-refractivity contribution in [2.45, 2.75) is 98.1 Å². The van der Waals surface area contributed by atoms with Crippen LogP contribution in [-0.2, 0) is 30.5 Å². The maximum atomic E-state index is 13.7. The van der Waals surface area contributed by atoms with Gasteiger partial charge in [-0.2, -0.15) is 0 Å². The zero-order chi connectivity index (χ0) is 30.5. The number of likely N-dealkylation sites (tertiary alicyclic amines) is 1. The summed E-state index contributed by atoms with van der Waals surface area (Å²) in [4.78, 5) is 58.4. The van der Waals surface area contributed by atoms with Crippen molar-refractivity contribution in [1.29, 1.82) is 0 Å². The molecular weight excluding hydrogens is 544 g/mol. The summed E-state index contributed by atoms with van der Waals surface area (Å²) in [5, 5.41) is 16.0. The number of hydrogen-bond donors (Lipinski definition) is 3. The summed E-state index contributed by atoms with van der Waals surface area (Å²) in [5.41, 5.74) is 3.37. The van der Waals surface area contributed by atoms with Crippen LogP contribution in [0.4, 0.5) is 0 Å². The van der Waals surface area contributed by atoms with Crippen LogP contribution >= 0.6 is 11.3 Å². The Labute approximate surface area is 245 Å². The van der Waals surface area contributed by atoms with Crippen molar-refractivity contribution in [1.82, 2.24) is 20.5 Å². The number of aliphatic hydroxyl groups is 1. The van der Waals surface area contributed by atoms with Crippen LogP contribution in [0.5, 0.6) is 0 Å². The number of carbonyl (C=O) groups is 4. The van der Waals surface area contributed by atoms with E-state index in [9.17, 15) is 24.3 Å². The number of aliphatic hydroxyl groups excluding tert-OH is 1. The second-order valence-corrected chi connectivity index (χ2v) is 13.4. The van der Waals surface area contributed by atoms with Gasteiger partial charge >= 0.3 is 5.97 Å². The Balaban J connectivity index is 1.63. The molecule has 1 aliphatic rings. The van der Waals surface area contributed by atoms with Crippen molar-refractivity contribution in [2.24, 2.45) is 5.41 Å². The smallest absolute Gasteiger partial charge is 0.306 e. The Kier molecular flexibility index (Phi) is 10.3. The fourth-order valence-corrected chi connectivity index (χ4v) is 5.43. The first-order chi connectivity index (χ1) is 19.0. The predicted molar refractivity (Wildman–Crippen MR) is 157 cm³/mol. The summed E-state index contributed by atoms with van der Waals surface area (Å²) in [6.45, 7) is 12.9. The van der Waals surface area contributed by atoms with Gasteiger partial charge in [0, 0.05) is 25.9 Å². The number of thiazole rings is 1. The molecule has 11 heteroatoms. The summed E-state index contributed by atoms with van der Waals surface area (Å²) < 4.78 is 5.26. The quantitative estimate of drug-likeness (QED) is 0.383. The number of β-amino-alcohol motifs (C(OH)–C–C–N with tert-alkyl or cyclic N) is 1. The van der Waals surface area contributed by atoms with Crippen molar-refractivity contribution in [3.63, 3.8) is 0 Å². The average Bonchev–Trinajstić information content (AvgIpc) is 3.48. The molecule has 3 rings (SSSR count). The van der Waals surface area contributed by atoms with Crippen molar-refractivity contribution in [3.8, 4) is 10.4 Å². The lowest BCUT2D eigenvalue weighted by Crippen LogP contribution is -2.57. The van der Waals surface area contributed by atoms with Gasteiger partial charge in [0.25, 0.3) is 0 Å². The summed E-state index contributed by atoms with van der Waals surface area (Å²) >= 11 is 1.57. The number of ether oxygens (including phenoxy) is 1. The number of rotatable bonds is 9. The summed E-state index contributed by atoms with van der Waals surface area (Å²) in [7, 11) is 0. The molecule has 1 aromatic carbocycles. The van der Waals surface area contributed by atoms with Gasteiger partial charge in [0.05, 0.1) is 28.6 Å². The topological polar surface area (TPSA) is 138 Å². The maximum Gasteiger partial charge on any atom is 0.306 e. The zero-order valence-corrected chi connectivity index (χ0v) is 25.8. The van der Waals surface area contributed by atoms with Gasteiger partial charge in [-0.25, -0.2) is 4.98 Å². The second-order valence-electron chi connectivity index (χ2n) is 12.5. The fourth-order valence-electron chi connectivity index (χ4n) is 4.62. The highest BCUT2D eigenvalue weighted by Gasteiger charge is 2.44. The third-order valence-electron chi connectivity index (χ3n) is 6.69. The van der Waals surface area contributed by atoms with Crippen LogP contribution in [0.3, 0.4) is 0 Å². The second kappa shape index (κ2) is 13.1. The molecule has 0 saturated carbocycles. The van der Waals surface area contributed by atoms with Crippen LogP contribution in [0.15, 0.2) is 29.8 Å². The van der Waals surface area contributed by atoms with Crippen LogP contribution in [0.2, 0.25) is 0 Å². The van der Waals surface area contributed by atoms with E-state index in [2.05, 4.69) is 15.6 Å². The first-order valence-electron chi connectivity index (χ1n) is 13.8. The molecule has 0 spiro atoms. The van der Waals surface area contributed by atoms with Crippen LogP contribution in [0, 0.1) is 12.3 Å². The van der Waals surface area contributed by atoms with Gasteiger partial charge in [0.1, 0.15) is 17.7 Å². The Morgan fingerprint density at radius 1 is 1.10 bits per heavy atom. The van der Waals surface area contributed by atoms with E-state index in [-0.39, 0.29) is 38.3 Å². The number of hydrogen-bond acceptors (Lipinski definition) is 8. The number of esters is 1. The minimum absolute atomic E-state index is 0.0137. The van der Waals surface area contributed by atoms with Crippen molar-refractivity contribution in [2.75, 3.05) is 6.54 Å². The maximum absolute atomic E-state index is 13.7. The van der Waals surface area contributed by atoms with Crippen LogP contribution in [0.1, 0.15) is 72.1 Å². The van der Waals surface area contributed by atoms with E-state index in [4.69, 9.17) is 4.74 Å². The molecule has 1 aliphatic heterocycles. The molecule has 41 heavy (non-hydrogen) atoms. The van der Waals surface area contributed by atoms with Gasteiger partial charge < -0.3 is 25.4 Å². The summed E-state index contributed by atoms with van der Waals surface area (Å²) in [5.74, 6) is -1.80. The average molecular weight is 587 g/mol. The molecule has 0 radical (unpaired) electrons. The predicted octanol–water partition coefficient (Wildman–Crippen LogP) is 3.35. The Morgan fingerprint density at radius 2 is 1.76 bits per heavy atom. The Bertz CT molecular complexity index is 1240. The van der Waals surface area contributed by atoms with Gasteiger partial charge in [0.15, 0.2) is 0 Å². The van der Waals surface area contributed by atoms with E-state index >= 15 is 0 Å². The van der Waals surface area contributed by atoms with Gasteiger partial charge in [-0.3, -0.25) is 19.2 Å². The third-order valence-corrected chi connectivity index (χ3v) is 7.67. The third kappa shape index (κ3) is 9.09. The largest absolute Gasteiger partial charge is 0.460 e. The molecule has 0 bridgehead atoms. The Hall–Kier alpha value is -3.31. The summed E-state index contributed by atoms with van der Waals surface area (Å²) in [6.07, 6.45) is -1.01. The fraction of sp³-hybridized carbons (Fsp3) is 0.567. The molecule has 0 unspecified atom stereocenters. The number of nitrogens with one attached hydrogen (secondary N) is 2. The molecule has 3 amide bonds. The minimum Gasteiger partial charge on any atom is -0.460 e. The molecule has 3 N–H and O–H groups in total. The molecular formula is C30H42N4O6S. The monoisotopic (exact) mass is 586 g/mol. The molecule has 2 heterocycles. The van der Waals surface area contributed by atoms with Gasteiger partial charge in [-0.05, 0) is 44.2 Å². The van der Waals surface area contributed by atoms with Crippen LogP contribution in [0.25, 0.3) is 10.4 Å². The van der Waals surface area contributed by atoms with E-state index in [0.717, 1.165) is 21.7 Å². The molecule has 3 atom stereocenters. The number of aromatic nitrogens is 1. The van der Waals surface area contributed by atoms with Crippen LogP contribution in [-0.4, -0.2) is 69.0 Å². The SMILES string of the molecule is Cc1ncsc1-c1ccc(CNC(=O)[C@@H]2C[C@@H](O)CN2C(=O)[C@@H](NC(=O)CCC(=O)OC(C)(C)C)C(C)(C)C)cc1. The molecule has 0 aliphatic carbocycles. The first kappa shape index (κ1) is 32.2. The van der Waals surface area contributed by atoms with Gasteiger partial charge in [0.2, 0.25) is 17.7 Å². The summed E-state index contributed by atoms with van der Waals surface area (Å²) in [6, 6.07) is 6.00. The van der Waals surface area contributed by atoms with E-state index in [1.165, 1.54) is 4.90 Å². The van der Waals surface area contributed by atoms with E-state index in [1.54, 1.807) is 32.1 Å². The standard InChI is InChI=1S/C30H42N4O6S/c1-18-25(41-17-32-18)20-10-8-19(9-11-20)15-31-27(38)22-14-21(35)16-34(22)28(39)26(29(2,3)4)33-23(36)12-13-24(37)40-30(5,6)7/h8-11,17,21-22,26,35H,12-16H2,1-7H3,(H,31,38)(H,33,36)/t21-,22+,26-/m1/s1. The molecule has 224 valence electrons. The molecule has 1 aromatic heterocycles. The van der Waals surface area contributed by atoms with Gasteiger partial charge in [-0.15, -0.1) is 11.3 Å². The molecule has 1 fully saturated rings. The van der Waals surface area contributed by atoms with Crippen molar-refractivity contribution < 1.29 is 29.0 Å². The van der Waals surface area contributed by atoms with Crippen LogP contribution < -0.4 is 10.6 Å². The minimum atomic E-state index is -0.961. The lowest BCUT2D eigenvalue weighted by atomic mass is 9.85. The number of benzene rings is 1. The van der Waals surface area contributed by atoms with Crippen molar-refractivity contribution in [3.05, 3.63) is 41.0 Å². The number of aryl methyl sites for hydroxylation is 1. The highest BCUT2D eigenvalue weighted by atomic mass is 32.1. The van der Waals surface area contributed by atoms with Crippen molar-refractivity contribution >= 4 is 35.0 Å². The Morgan fingerprint density at radius 3 is 2.32 bits per heavy atom. The lowest BCUT2D eigenvalue weighted by molar-refractivity contribution is -0.155. The highest BCUT2D eigenvalue weighted by Crippen LogP contribution is 2.28. The molecule has 1 saturated heterocycles.